The van der Waals surface area contributed by atoms with E-state index in [9.17, 15) is 68.1 Å². The van der Waals surface area contributed by atoms with E-state index < -0.39 is 156 Å². The van der Waals surface area contributed by atoms with E-state index >= 15 is 0 Å². The van der Waals surface area contributed by atoms with Crippen LogP contribution in [0.2, 0.25) is 0 Å². The van der Waals surface area contributed by atoms with E-state index in [0.717, 1.165) is 0 Å². The van der Waals surface area contributed by atoms with Crippen molar-refractivity contribution in [1.82, 2.24) is 62.1 Å². The van der Waals surface area contributed by atoms with E-state index in [0.29, 0.717) is 12.8 Å². The molecular formula is C54H94N12O14. The highest BCUT2D eigenvalue weighted by Gasteiger charge is 2.40. The second-order valence-corrected chi connectivity index (χ2v) is 23.4. The standard InChI is InChI=1S/C54H94N12O14/c1-13-33(11)45-51(77)57-35(23-29(3)4)47(73)55-37(25-41(69)70)49(75)61-44(32(9)10)54(80)66-21-17-64(18-22-66)28-40(68)60-46(34(12)14-2)52(78)58-36(24-30(5)6)48(74)56-38(26-42(71)72)50(76)62-43(31(7)8)53(79)65-19-15-63(16-20-65)27-39(67)59-45/h29-38,43-46,53,79H,13-28H2,1-12H3,(H,55,73)(H,56,74)(H,57,77)(H,58,78)(H,59,67)(H,60,68)(H,61,75)(H,62,76)(H,69,70)(H,71,72)/t33-,34-,35-,36-,37-,38-,43-,44-,45-,46-,53?/m0/s1. The molecule has 11 atom stereocenters. The van der Waals surface area contributed by atoms with Crippen LogP contribution in [-0.4, -0.2) is 220 Å². The van der Waals surface area contributed by atoms with Crippen molar-refractivity contribution >= 4 is 65.1 Å². The Kier molecular flexibility index (Phi) is 27.7. The number of nitrogens with zero attached hydrogens (tertiary/aromatic N) is 4. The summed E-state index contributed by atoms with van der Waals surface area (Å²) in [5.74, 6) is -11.3. The quantitative estimate of drug-likeness (QED) is 0.0934. The van der Waals surface area contributed by atoms with Crippen LogP contribution in [0.4, 0.5) is 0 Å². The summed E-state index contributed by atoms with van der Waals surface area (Å²) in [6.07, 6.45) is -1.91. The number of hydrogen-bond acceptors (Lipinski definition) is 15. The average molecular weight is 1140 g/mol. The van der Waals surface area contributed by atoms with Gasteiger partial charge in [-0.25, -0.2) is 0 Å². The van der Waals surface area contributed by atoms with Crippen molar-refractivity contribution in [2.45, 2.75) is 176 Å². The van der Waals surface area contributed by atoms with Crippen molar-refractivity contribution in [3.8, 4) is 0 Å². The first-order valence-corrected chi connectivity index (χ1v) is 28.5. The molecule has 6 rings (SSSR count). The van der Waals surface area contributed by atoms with E-state index in [1.54, 1.807) is 65.2 Å². The monoisotopic (exact) mass is 1130 g/mol. The molecule has 6 aliphatic rings. The van der Waals surface area contributed by atoms with Crippen molar-refractivity contribution in [2.75, 3.05) is 65.4 Å². The Morgan fingerprint density at radius 1 is 0.463 bits per heavy atom. The lowest BCUT2D eigenvalue weighted by molar-refractivity contribution is -0.143. The second kappa shape index (κ2) is 32.5. The summed E-state index contributed by atoms with van der Waals surface area (Å²) in [5.41, 5.74) is 0. The van der Waals surface area contributed by atoms with Crippen LogP contribution in [0.3, 0.4) is 0 Å². The number of rotatable bonds is 14. The van der Waals surface area contributed by atoms with Crippen molar-refractivity contribution in [2.24, 2.45) is 35.5 Å². The second-order valence-electron chi connectivity index (χ2n) is 23.4. The lowest BCUT2D eigenvalue weighted by Gasteiger charge is -2.41. The van der Waals surface area contributed by atoms with Crippen molar-refractivity contribution in [3.05, 3.63) is 0 Å². The van der Waals surface area contributed by atoms with E-state index in [1.807, 2.05) is 32.6 Å². The zero-order valence-electron chi connectivity index (χ0n) is 49.1. The number of hydrogen-bond donors (Lipinski definition) is 11. The fraction of sp³-hybridized carbons (Fsp3) is 0.796. The molecule has 0 aromatic rings. The molecule has 0 saturated carbocycles. The number of aliphatic carboxylic acids is 2. The Bertz CT molecular complexity index is 2150. The fourth-order valence-electron chi connectivity index (χ4n) is 9.84. The van der Waals surface area contributed by atoms with Crippen molar-refractivity contribution in [3.63, 3.8) is 0 Å². The van der Waals surface area contributed by atoms with Gasteiger partial charge in [-0.05, 0) is 48.3 Å². The van der Waals surface area contributed by atoms with Crippen LogP contribution in [0, 0.1) is 35.5 Å². The first-order valence-electron chi connectivity index (χ1n) is 28.5. The molecular weight excluding hydrogens is 1040 g/mol. The summed E-state index contributed by atoms with van der Waals surface area (Å²) < 4.78 is 0. The molecule has 0 aromatic carbocycles. The maximum atomic E-state index is 14.1. The molecule has 1 unspecified atom stereocenters. The van der Waals surface area contributed by atoms with E-state index in [1.165, 1.54) is 4.90 Å². The van der Waals surface area contributed by atoms with Crippen LogP contribution in [0.15, 0.2) is 0 Å². The lowest BCUT2D eigenvalue weighted by Crippen LogP contribution is -2.63. The molecule has 0 radical (unpaired) electrons. The SMILES string of the molecule is CC[C@H](C)[C@@H]1NC(=O)CN2CCN(CC2)C(=O)[C@H](C(C)C)NC(=O)[C@H](CC(=O)O)NC(=O)[C@H](CC(C)C)NC(=O)[C@H]([C@@H](C)CC)NC(=O)CN2CCN(CC2)C(O)[C@H](C(C)C)NC(=O)[C@H](CC(=O)O)NC(=O)[C@H](CC(C)C)NC1=O. The molecule has 80 heavy (non-hydrogen) atoms. The number of aliphatic hydroxyl groups is 1. The third-order valence-electron chi connectivity index (χ3n) is 15.1. The Balaban J connectivity index is 2.03. The lowest BCUT2D eigenvalue weighted by atomic mass is 9.96. The summed E-state index contributed by atoms with van der Waals surface area (Å²) in [7, 11) is 0. The normalized spacial score (nSPS) is 30.2. The van der Waals surface area contributed by atoms with E-state index in [4.69, 9.17) is 0 Å². The summed E-state index contributed by atoms with van der Waals surface area (Å²) in [5, 5.41) is 53.1. The van der Waals surface area contributed by atoms with Gasteiger partial charge in [0, 0.05) is 52.4 Å². The third kappa shape index (κ3) is 21.5. The van der Waals surface area contributed by atoms with E-state index in [2.05, 4.69) is 42.5 Å². The smallest absolute Gasteiger partial charge is 0.305 e. The van der Waals surface area contributed by atoms with Crippen LogP contribution in [0.25, 0.3) is 0 Å². The van der Waals surface area contributed by atoms with Gasteiger partial charge in [0.05, 0.1) is 32.0 Å². The zero-order valence-corrected chi connectivity index (χ0v) is 49.1. The highest BCUT2D eigenvalue weighted by molar-refractivity contribution is 5.98. The molecule has 0 spiro atoms. The van der Waals surface area contributed by atoms with Crippen molar-refractivity contribution < 1.29 is 68.1 Å². The number of carboxylic acid groups (broad SMARTS) is 2. The first-order chi connectivity index (χ1) is 37.5. The molecule has 6 aliphatic heterocycles. The summed E-state index contributed by atoms with van der Waals surface area (Å²) in [4.78, 5) is 157. The number of nitrogens with one attached hydrogen (secondary N) is 8. The predicted molar refractivity (Wildman–Crippen MR) is 294 cm³/mol. The van der Waals surface area contributed by atoms with Crippen molar-refractivity contribution in [1.29, 1.82) is 0 Å². The molecule has 26 nitrogen and oxygen atoms in total. The highest BCUT2D eigenvalue weighted by Crippen LogP contribution is 2.18. The molecule has 454 valence electrons. The summed E-state index contributed by atoms with van der Waals surface area (Å²) in [6, 6.07) is -10.2. The van der Waals surface area contributed by atoms with Crippen LogP contribution < -0.4 is 42.5 Å². The van der Waals surface area contributed by atoms with Gasteiger partial charge in [-0.1, -0.05) is 95.9 Å². The molecule has 11 N–H and O–H groups in total. The van der Waals surface area contributed by atoms with Gasteiger partial charge >= 0.3 is 11.9 Å². The average Bonchev–Trinajstić information content (AvgIpc) is 3.37. The zero-order chi connectivity index (χ0) is 60.3. The molecule has 0 aliphatic carbocycles. The van der Waals surface area contributed by atoms with E-state index in [-0.39, 0.29) is 90.1 Å². The largest absolute Gasteiger partial charge is 0.481 e. The van der Waals surface area contributed by atoms with Crippen LogP contribution in [-0.2, 0) is 52.7 Å². The van der Waals surface area contributed by atoms with Gasteiger partial charge in [0.1, 0.15) is 48.5 Å². The molecule has 26 heteroatoms. The molecule has 4 bridgehead atoms. The van der Waals surface area contributed by atoms with Gasteiger partial charge in [-0.15, -0.1) is 0 Å². The Hall–Kier alpha value is -5.99. The molecule has 6 saturated heterocycles. The van der Waals surface area contributed by atoms with Crippen LogP contribution >= 0.6 is 0 Å². The number of piperazine rings is 2. The number of aliphatic hydroxyl groups excluding tert-OH is 1. The van der Waals surface area contributed by atoms with Gasteiger partial charge in [-0.3, -0.25) is 67.4 Å². The maximum Gasteiger partial charge on any atom is 0.305 e. The number of carboxylic acids is 2. The minimum Gasteiger partial charge on any atom is -0.481 e. The number of amides is 9. The van der Waals surface area contributed by atoms with Crippen LogP contribution in [0.5, 0.6) is 0 Å². The summed E-state index contributed by atoms with van der Waals surface area (Å²) in [6.45, 7) is 22.7. The maximum absolute atomic E-state index is 14.1. The van der Waals surface area contributed by atoms with Gasteiger partial charge in [0.25, 0.3) is 0 Å². The minimum atomic E-state index is -1.66. The van der Waals surface area contributed by atoms with Gasteiger partial charge in [0.2, 0.25) is 53.2 Å². The van der Waals surface area contributed by atoms with Gasteiger partial charge in [0.15, 0.2) is 0 Å². The Morgan fingerprint density at radius 3 is 1.18 bits per heavy atom. The molecule has 0 aromatic heterocycles. The van der Waals surface area contributed by atoms with Gasteiger partial charge in [-0.2, -0.15) is 0 Å². The molecule has 9 amide bonds. The van der Waals surface area contributed by atoms with Gasteiger partial charge < -0.3 is 62.8 Å². The topological polar surface area (TPSA) is 358 Å². The number of carbonyl (C=O) groups is 11. The molecule has 6 heterocycles. The first kappa shape index (κ1) is 68.3. The minimum absolute atomic E-state index is 0.0739. The third-order valence-corrected chi connectivity index (χ3v) is 15.1. The highest BCUT2D eigenvalue weighted by atomic mass is 16.4. The summed E-state index contributed by atoms with van der Waals surface area (Å²) >= 11 is 0. The molecule has 6 fully saturated rings. The predicted octanol–water partition coefficient (Wildman–Crippen LogP) is -1.60. The Labute approximate surface area is 471 Å². The fourth-order valence-corrected chi connectivity index (χ4v) is 9.84. The Morgan fingerprint density at radius 2 is 0.825 bits per heavy atom. The number of carbonyl (C=O) groups excluding carboxylic acids is 9. The van der Waals surface area contributed by atoms with Crippen LogP contribution in [0.1, 0.15) is 122 Å².